The molecule has 242 valence electrons. The second kappa shape index (κ2) is 11.2. The summed E-state index contributed by atoms with van der Waals surface area (Å²) in [6.07, 6.45) is 3.55. The van der Waals surface area contributed by atoms with Gasteiger partial charge >= 0.3 is 0 Å². The zero-order chi connectivity index (χ0) is 34.2. The Hall–Kier alpha value is -7.18. The smallest absolute Gasteiger partial charge is 0.166 e. The van der Waals surface area contributed by atoms with Gasteiger partial charge in [0.1, 0.15) is 5.58 Å². The van der Waals surface area contributed by atoms with Crippen molar-refractivity contribution in [3.8, 4) is 39.9 Å². The number of furan rings is 1. The first-order valence-corrected chi connectivity index (χ1v) is 17.3. The van der Waals surface area contributed by atoms with Crippen LogP contribution in [0, 0.1) is 0 Å². The van der Waals surface area contributed by atoms with Crippen LogP contribution in [0.3, 0.4) is 0 Å². The fraction of sp³-hybridized carbons (Fsp3) is 0. The summed E-state index contributed by atoms with van der Waals surface area (Å²) >= 11 is 0. The number of benzene rings is 7. The molecule has 4 heterocycles. The Morgan fingerprint density at radius 2 is 1.02 bits per heavy atom. The molecule has 11 rings (SSSR count). The Morgan fingerprint density at radius 1 is 0.423 bits per heavy atom. The SMILES string of the molecule is c1ccc(-n2c3ccccc3c3ccccc32)c(-c2nc(-c3cc4ccccc4c4ccccc34)nc(-c3cccc4oc5cnccc5c34)n2)c1. The van der Waals surface area contributed by atoms with Crippen molar-refractivity contribution in [2.75, 3.05) is 0 Å². The van der Waals surface area contributed by atoms with E-state index in [1.165, 1.54) is 16.2 Å². The number of fused-ring (bicyclic) bond motifs is 9. The highest BCUT2D eigenvalue weighted by atomic mass is 16.3. The summed E-state index contributed by atoms with van der Waals surface area (Å²) in [6, 6.07) is 52.7. The first-order valence-electron chi connectivity index (χ1n) is 17.3. The molecule has 52 heavy (non-hydrogen) atoms. The molecule has 0 saturated carbocycles. The largest absolute Gasteiger partial charge is 0.454 e. The van der Waals surface area contributed by atoms with Crippen LogP contribution in [-0.4, -0.2) is 24.5 Å². The third-order valence-electron chi connectivity index (χ3n) is 10.2. The molecule has 7 aromatic carbocycles. The zero-order valence-corrected chi connectivity index (χ0v) is 27.7. The summed E-state index contributed by atoms with van der Waals surface area (Å²) in [7, 11) is 0. The van der Waals surface area contributed by atoms with Gasteiger partial charge in [-0.1, -0.05) is 109 Å². The Labute approximate surface area is 297 Å². The molecular weight excluding hydrogens is 639 g/mol. The van der Waals surface area contributed by atoms with Gasteiger partial charge in [-0.05, 0) is 64.0 Å². The van der Waals surface area contributed by atoms with E-state index in [1.807, 2.05) is 18.2 Å². The molecule has 6 heteroatoms. The molecule has 0 bridgehead atoms. The standard InChI is InChI=1S/C46H27N5O/c1-2-13-29-28(12-1)26-37(31-15-4-3-14-30(29)31)46-49-44(48-45(50-46)36-19-11-23-41-43(36)35-24-25-47-27-42(35)52-41)34-18-7-10-22-40(34)51-38-20-8-5-16-32(38)33-17-6-9-21-39(33)51/h1-27H. The second-order valence-corrected chi connectivity index (χ2v) is 13.0. The summed E-state index contributed by atoms with van der Waals surface area (Å²) in [4.78, 5) is 20.3. The van der Waals surface area contributed by atoms with Crippen molar-refractivity contribution in [2.45, 2.75) is 0 Å². The third-order valence-corrected chi connectivity index (χ3v) is 10.2. The molecule has 6 nitrogen and oxygen atoms in total. The summed E-state index contributed by atoms with van der Waals surface area (Å²) < 4.78 is 8.59. The van der Waals surface area contributed by atoms with Gasteiger partial charge in [0.2, 0.25) is 0 Å². The van der Waals surface area contributed by atoms with E-state index in [0.717, 1.165) is 71.5 Å². The van der Waals surface area contributed by atoms with E-state index in [1.54, 1.807) is 12.4 Å². The molecule has 0 aliphatic carbocycles. The van der Waals surface area contributed by atoms with Crippen LogP contribution >= 0.6 is 0 Å². The topological polar surface area (TPSA) is 69.6 Å². The lowest BCUT2D eigenvalue weighted by Gasteiger charge is -2.15. The van der Waals surface area contributed by atoms with Crippen LogP contribution in [0.2, 0.25) is 0 Å². The minimum Gasteiger partial charge on any atom is -0.454 e. The maximum Gasteiger partial charge on any atom is 0.166 e. The Balaban J connectivity index is 1.24. The number of rotatable bonds is 4. The molecule has 0 spiro atoms. The molecule has 0 fully saturated rings. The van der Waals surface area contributed by atoms with Gasteiger partial charge in [0.25, 0.3) is 0 Å². The van der Waals surface area contributed by atoms with Crippen molar-refractivity contribution < 1.29 is 4.42 Å². The summed E-state index contributed by atoms with van der Waals surface area (Å²) in [6.45, 7) is 0. The predicted octanol–water partition coefficient (Wildman–Crippen LogP) is 11.6. The average Bonchev–Trinajstić information content (AvgIpc) is 3.76. The minimum absolute atomic E-state index is 0.569. The van der Waals surface area contributed by atoms with E-state index in [9.17, 15) is 0 Å². The van der Waals surface area contributed by atoms with E-state index in [0.29, 0.717) is 17.5 Å². The van der Waals surface area contributed by atoms with Crippen LogP contribution in [0.25, 0.3) is 105 Å². The average molecular weight is 666 g/mol. The van der Waals surface area contributed by atoms with E-state index in [-0.39, 0.29) is 0 Å². The van der Waals surface area contributed by atoms with Gasteiger partial charge in [-0.3, -0.25) is 4.98 Å². The molecule has 0 saturated heterocycles. The molecular formula is C46H27N5O. The molecule has 0 radical (unpaired) electrons. The van der Waals surface area contributed by atoms with Crippen molar-refractivity contribution in [1.29, 1.82) is 0 Å². The monoisotopic (exact) mass is 665 g/mol. The van der Waals surface area contributed by atoms with Crippen molar-refractivity contribution in [1.82, 2.24) is 24.5 Å². The highest BCUT2D eigenvalue weighted by Gasteiger charge is 2.22. The number of para-hydroxylation sites is 3. The van der Waals surface area contributed by atoms with Gasteiger partial charge in [-0.2, -0.15) is 0 Å². The van der Waals surface area contributed by atoms with Gasteiger partial charge in [0.15, 0.2) is 23.1 Å². The molecule has 11 aromatic rings. The fourth-order valence-electron chi connectivity index (χ4n) is 7.88. The van der Waals surface area contributed by atoms with Crippen LogP contribution in [0.1, 0.15) is 0 Å². The second-order valence-electron chi connectivity index (χ2n) is 13.0. The Kier molecular flexibility index (Phi) is 6.15. The maximum atomic E-state index is 6.26. The Morgan fingerprint density at radius 3 is 1.81 bits per heavy atom. The number of nitrogens with zero attached hydrogens (tertiary/aromatic N) is 5. The number of pyridine rings is 1. The molecule has 0 aliphatic heterocycles. The highest BCUT2D eigenvalue weighted by Crippen LogP contribution is 2.40. The van der Waals surface area contributed by atoms with Gasteiger partial charge < -0.3 is 8.98 Å². The molecule has 0 unspecified atom stereocenters. The molecule has 0 aliphatic rings. The van der Waals surface area contributed by atoms with Crippen molar-refractivity contribution >= 4 is 65.3 Å². The van der Waals surface area contributed by atoms with E-state index >= 15 is 0 Å². The quantitative estimate of drug-likeness (QED) is 0.175. The normalized spacial score (nSPS) is 11.8. The van der Waals surface area contributed by atoms with E-state index in [4.69, 9.17) is 19.4 Å². The summed E-state index contributed by atoms with van der Waals surface area (Å²) in [5.74, 6) is 1.76. The van der Waals surface area contributed by atoms with Gasteiger partial charge in [0, 0.05) is 44.4 Å². The van der Waals surface area contributed by atoms with Crippen molar-refractivity contribution in [2.24, 2.45) is 0 Å². The lowest BCUT2D eigenvalue weighted by Crippen LogP contribution is -2.04. The fourth-order valence-corrected chi connectivity index (χ4v) is 7.88. The number of hydrogen-bond acceptors (Lipinski definition) is 5. The van der Waals surface area contributed by atoms with E-state index in [2.05, 4.69) is 143 Å². The van der Waals surface area contributed by atoms with Gasteiger partial charge in [0.05, 0.1) is 22.9 Å². The highest BCUT2D eigenvalue weighted by molar-refractivity contribution is 6.14. The lowest BCUT2D eigenvalue weighted by molar-refractivity contribution is 0.667. The van der Waals surface area contributed by atoms with Crippen molar-refractivity contribution in [3.63, 3.8) is 0 Å². The number of aromatic nitrogens is 5. The van der Waals surface area contributed by atoms with Crippen LogP contribution in [0.5, 0.6) is 0 Å². The zero-order valence-electron chi connectivity index (χ0n) is 27.7. The van der Waals surface area contributed by atoms with Crippen LogP contribution < -0.4 is 0 Å². The molecule has 0 atom stereocenters. The third kappa shape index (κ3) is 4.25. The Bertz CT molecular complexity index is 3160. The van der Waals surface area contributed by atoms with Crippen LogP contribution in [0.15, 0.2) is 168 Å². The maximum absolute atomic E-state index is 6.26. The van der Waals surface area contributed by atoms with Crippen LogP contribution in [0.4, 0.5) is 0 Å². The minimum atomic E-state index is 0.569. The lowest BCUT2D eigenvalue weighted by atomic mass is 9.96. The molecule has 0 amide bonds. The van der Waals surface area contributed by atoms with Gasteiger partial charge in [-0.25, -0.2) is 15.0 Å². The molecule has 0 N–H and O–H groups in total. The first-order chi connectivity index (χ1) is 25.8. The summed E-state index contributed by atoms with van der Waals surface area (Å²) in [5.41, 5.74) is 7.42. The number of hydrogen-bond donors (Lipinski definition) is 0. The van der Waals surface area contributed by atoms with Crippen molar-refractivity contribution in [3.05, 3.63) is 164 Å². The van der Waals surface area contributed by atoms with E-state index < -0.39 is 0 Å². The van der Waals surface area contributed by atoms with Gasteiger partial charge in [-0.15, -0.1) is 0 Å². The predicted molar refractivity (Wildman–Crippen MR) is 211 cm³/mol. The van der Waals surface area contributed by atoms with Crippen LogP contribution in [-0.2, 0) is 0 Å². The summed E-state index contributed by atoms with van der Waals surface area (Å²) in [5, 5.41) is 8.85. The molecule has 4 aromatic heterocycles. The first kappa shape index (κ1) is 28.6.